The molecule has 0 aliphatic heterocycles. The highest BCUT2D eigenvalue weighted by molar-refractivity contribution is 5.82. The lowest BCUT2D eigenvalue weighted by molar-refractivity contribution is 0.510. The molecule has 1 fully saturated rings. The fraction of sp³-hybridized carbons (Fsp3) is 0.188. The SMILES string of the molecule is C=Cc1ncncc1-c1nc2cc(F)c(F)cc2n1C1CC1. The predicted molar refractivity (Wildman–Crippen MR) is 79.0 cm³/mol. The van der Waals surface area contributed by atoms with Gasteiger partial charge < -0.3 is 4.57 Å². The molecule has 0 radical (unpaired) electrons. The molecule has 1 aliphatic rings. The van der Waals surface area contributed by atoms with Crippen molar-refractivity contribution in [1.29, 1.82) is 0 Å². The molecule has 0 amide bonds. The molecule has 1 saturated carbocycles. The second-order valence-corrected chi connectivity index (χ2v) is 5.32. The molecule has 3 aromatic rings. The molecule has 0 unspecified atom stereocenters. The molecular weight excluding hydrogens is 286 g/mol. The smallest absolute Gasteiger partial charge is 0.161 e. The Bertz CT molecular complexity index is 897. The summed E-state index contributed by atoms with van der Waals surface area (Å²) in [6.07, 6.45) is 6.69. The molecule has 4 nitrogen and oxygen atoms in total. The lowest BCUT2D eigenvalue weighted by Crippen LogP contribution is -2.00. The van der Waals surface area contributed by atoms with E-state index in [1.165, 1.54) is 12.4 Å². The molecule has 2 aromatic heterocycles. The maximum absolute atomic E-state index is 13.6. The van der Waals surface area contributed by atoms with Gasteiger partial charge in [-0.15, -0.1) is 0 Å². The zero-order chi connectivity index (χ0) is 15.3. The number of hydrogen-bond acceptors (Lipinski definition) is 3. The van der Waals surface area contributed by atoms with Crippen molar-refractivity contribution in [2.45, 2.75) is 18.9 Å². The lowest BCUT2D eigenvalue weighted by Gasteiger charge is -2.09. The van der Waals surface area contributed by atoms with Crippen LogP contribution in [-0.2, 0) is 0 Å². The van der Waals surface area contributed by atoms with Crippen LogP contribution < -0.4 is 0 Å². The first kappa shape index (κ1) is 13.1. The van der Waals surface area contributed by atoms with Crippen LogP contribution in [0.15, 0.2) is 31.2 Å². The quantitative estimate of drug-likeness (QED) is 0.739. The molecule has 1 aromatic carbocycles. The van der Waals surface area contributed by atoms with Gasteiger partial charge in [-0.2, -0.15) is 0 Å². The van der Waals surface area contributed by atoms with E-state index in [2.05, 4.69) is 21.5 Å². The third-order valence-corrected chi connectivity index (χ3v) is 3.82. The molecular formula is C16H12F2N4. The minimum absolute atomic E-state index is 0.253. The fourth-order valence-electron chi connectivity index (χ4n) is 2.66. The van der Waals surface area contributed by atoms with E-state index in [1.54, 1.807) is 12.3 Å². The van der Waals surface area contributed by atoms with Crippen molar-refractivity contribution in [3.05, 3.63) is 48.6 Å². The van der Waals surface area contributed by atoms with Gasteiger partial charge in [0.05, 0.1) is 22.3 Å². The van der Waals surface area contributed by atoms with E-state index in [4.69, 9.17) is 0 Å². The highest BCUT2D eigenvalue weighted by atomic mass is 19.2. The van der Waals surface area contributed by atoms with Crippen LogP contribution in [0.1, 0.15) is 24.6 Å². The Morgan fingerprint density at radius 2 is 2.00 bits per heavy atom. The van der Waals surface area contributed by atoms with Gasteiger partial charge in [0.2, 0.25) is 0 Å². The number of rotatable bonds is 3. The Labute approximate surface area is 125 Å². The molecule has 0 bridgehead atoms. The fourth-order valence-corrected chi connectivity index (χ4v) is 2.66. The Kier molecular flexibility index (Phi) is 2.79. The van der Waals surface area contributed by atoms with E-state index in [-0.39, 0.29) is 6.04 Å². The van der Waals surface area contributed by atoms with E-state index >= 15 is 0 Å². The van der Waals surface area contributed by atoms with Gasteiger partial charge in [-0.05, 0) is 18.9 Å². The number of hydrogen-bond donors (Lipinski definition) is 0. The van der Waals surface area contributed by atoms with Gasteiger partial charge in [-0.3, -0.25) is 0 Å². The Balaban J connectivity index is 2.05. The summed E-state index contributed by atoms with van der Waals surface area (Å²) in [6.45, 7) is 3.74. The molecule has 2 heterocycles. The van der Waals surface area contributed by atoms with Crippen LogP contribution in [0.2, 0.25) is 0 Å². The van der Waals surface area contributed by atoms with Crippen LogP contribution >= 0.6 is 0 Å². The van der Waals surface area contributed by atoms with E-state index in [9.17, 15) is 8.78 Å². The summed E-state index contributed by atoms with van der Waals surface area (Å²) < 4.78 is 29.0. The first-order chi connectivity index (χ1) is 10.7. The largest absolute Gasteiger partial charge is 0.321 e. The second-order valence-electron chi connectivity index (χ2n) is 5.32. The highest BCUT2D eigenvalue weighted by Gasteiger charge is 2.30. The number of halogens is 2. The molecule has 0 spiro atoms. The summed E-state index contributed by atoms with van der Waals surface area (Å²) in [5, 5.41) is 0. The van der Waals surface area contributed by atoms with Gasteiger partial charge in [0.15, 0.2) is 11.6 Å². The number of aromatic nitrogens is 4. The maximum Gasteiger partial charge on any atom is 0.161 e. The first-order valence-corrected chi connectivity index (χ1v) is 6.99. The van der Waals surface area contributed by atoms with Gasteiger partial charge in [-0.1, -0.05) is 6.58 Å². The van der Waals surface area contributed by atoms with Crippen LogP contribution in [0.5, 0.6) is 0 Å². The van der Waals surface area contributed by atoms with Crippen LogP contribution in [-0.4, -0.2) is 19.5 Å². The average Bonchev–Trinajstić information content (AvgIpc) is 3.30. The molecule has 6 heteroatoms. The number of nitrogens with zero attached hydrogens (tertiary/aromatic N) is 4. The zero-order valence-corrected chi connectivity index (χ0v) is 11.6. The van der Waals surface area contributed by atoms with Crippen molar-refractivity contribution in [2.75, 3.05) is 0 Å². The monoisotopic (exact) mass is 298 g/mol. The second kappa shape index (κ2) is 4.69. The van der Waals surface area contributed by atoms with E-state index in [1.807, 2.05) is 4.57 Å². The third kappa shape index (κ3) is 1.91. The van der Waals surface area contributed by atoms with Gasteiger partial charge in [0, 0.05) is 24.4 Å². The van der Waals surface area contributed by atoms with E-state index in [0.717, 1.165) is 18.9 Å². The predicted octanol–water partition coefficient (Wildman–Crippen LogP) is 3.75. The van der Waals surface area contributed by atoms with Crippen molar-refractivity contribution >= 4 is 17.1 Å². The number of fused-ring (bicyclic) bond motifs is 1. The number of benzene rings is 1. The third-order valence-electron chi connectivity index (χ3n) is 3.82. The molecule has 0 N–H and O–H groups in total. The molecule has 22 heavy (non-hydrogen) atoms. The Hall–Kier alpha value is -2.63. The standard InChI is InChI=1S/C16H12F2N4/c1-2-13-10(7-19-8-20-13)16-21-14-5-11(17)12(18)6-15(14)22(16)9-3-4-9/h2,5-9H,1,3-4H2. The van der Waals surface area contributed by atoms with Crippen molar-refractivity contribution in [3.8, 4) is 11.4 Å². The van der Waals surface area contributed by atoms with Gasteiger partial charge in [-0.25, -0.2) is 23.7 Å². The van der Waals surface area contributed by atoms with Crippen molar-refractivity contribution in [1.82, 2.24) is 19.5 Å². The minimum atomic E-state index is -0.896. The van der Waals surface area contributed by atoms with Gasteiger partial charge in [0.25, 0.3) is 0 Å². The molecule has 4 rings (SSSR count). The molecule has 0 atom stereocenters. The average molecular weight is 298 g/mol. The summed E-state index contributed by atoms with van der Waals surface area (Å²) >= 11 is 0. The Morgan fingerprint density at radius 3 is 2.73 bits per heavy atom. The topological polar surface area (TPSA) is 43.6 Å². The van der Waals surface area contributed by atoms with Gasteiger partial charge in [0.1, 0.15) is 12.2 Å². The van der Waals surface area contributed by atoms with E-state index < -0.39 is 11.6 Å². The highest BCUT2D eigenvalue weighted by Crippen LogP contribution is 2.41. The molecule has 110 valence electrons. The summed E-state index contributed by atoms with van der Waals surface area (Å²) in [7, 11) is 0. The lowest BCUT2D eigenvalue weighted by atomic mass is 10.2. The van der Waals surface area contributed by atoms with Crippen molar-refractivity contribution < 1.29 is 8.78 Å². The molecule has 0 saturated heterocycles. The maximum atomic E-state index is 13.6. The summed E-state index contributed by atoms with van der Waals surface area (Å²) in [4.78, 5) is 12.7. The van der Waals surface area contributed by atoms with Gasteiger partial charge >= 0.3 is 0 Å². The first-order valence-electron chi connectivity index (χ1n) is 6.99. The summed E-state index contributed by atoms with van der Waals surface area (Å²) in [5.74, 6) is -1.14. The summed E-state index contributed by atoms with van der Waals surface area (Å²) in [6, 6.07) is 2.59. The van der Waals surface area contributed by atoms with Crippen LogP contribution in [0.3, 0.4) is 0 Å². The van der Waals surface area contributed by atoms with Crippen molar-refractivity contribution in [2.24, 2.45) is 0 Å². The van der Waals surface area contributed by atoms with Crippen LogP contribution in [0.4, 0.5) is 8.78 Å². The minimum Gasteiger partial charge on any atom is -0.321 e. The van der Waals surface area contributed by atoms with Crippen LogP contribution in [0.25, 0.3) is 28.5 Å². The Morgan fingerprint density at radius 1 is 1.23 bits per heavy atom. The normalized spacial score (nSPS) is 14.5. The van der Waals surface area contributed by atoms with Crippen LogP contribution in [0, 0.1) is 11.6 Å². The zero-order valence-electron chi connectivity index (χ0n) is 11.6. The van der Waals surface area contributed by atoms with Crippen molar-refractivity contribution in [3.63, 3.8) is 0 Å². The molecule has 1 aliphatic carbocycles. The number of imidazole rings is 1. The summed E-state index contributed by atoms with van der Waals surface area (Å²) in [5.41, 5.74) is 2.38. The van der Waals surface area contributed by atoms with E-state index in [0.29, 0.717) is 28.1 Å².